The van der Waals surface area contributed by atoms with E-state index in [1.807, 2.05) is 0 Å². The second-order valence-electron chi connectivity index (χ2n) is 15.5. The summed E-state index contributed by atoms with van der Waals surface area (Å²) in [5, 5.41) is 11.6. The second-order valence-corrected chi connectivity index (χ2v) is 15.5. The Bertz CT molecular complexity index is 1140. The molecule has 0 heterocycles. The molecule has 0 aliphatic carbocycles. The van der Waals surface area contributed by atoms with Gasteiger partial charge in [0.05, 0.1) is 40.3 Å². The second kappa shape index (κ2) is 38.6. The lowest BCUT2D eigenvalue weighted by molar-refractivity contribution is -0.889. The Morgan fingerprint density at radius 3 is 1.55 bits per heavy atom. The molecule has 0 aliphatic rings. The first-order valence-electron chi connectivity index (χ1n) is 22.0. The number of carbonyl (C=O) groups excluding carboxylic acids is 3. The fourth-order valence-electron chi connectivity index (χ4n) is 5.92. The van der Waals surface area contributed by atoms with E-state index in [1.165, 1.54) is 44.9 Å². The van der Waals surface area contributed by atoms with Gasteiger partial charge in [0, 0.05) is 19.3 Å². The lowest BCUT2D eigenvalue weighted by Crippen LogP contribution is -2.55. The van der Waals surface area contributed by atoms with Crippen LogP contribution in [0, 0.1) is 0 Å². The van der Waals surface area contributed by atoms with E-state index in [4.69, 9.17) is 14.2 Å². The van der Waals surface area contributed by atoms with Crippen LogP contribution in [-0.4, -0.2) is 75.5 Å². The maximum absolute atomic E-state index is 12.7. The van der Waals surface area contributed by atoms with Gasteiger partial charge in [-0.1, -0.05) is 138 Å². The number of nitrogens with zero attached hydrogens (tertiary/aromatic N) is 1. The molecule has 320 valence electrons. The number of carboxylic acid groups (broad SMARTS) is 1. The van der Waals surface area contributed by atoms with E-state index in [1.54, 1.807) is 21.1 Å². The average Bonchev–Trinajstić information content (AvgIpc) is 3.15. The maximum atomic E-state index is 12.7. The van der Waals surface area contributed by atoms with Gasteiger partial charge in [-0.15, -0.1) is 0 Å². The van der Waals surface area contributed by atoms with E-state index in [0.717, 1.165) is 77.0 Å². The summed E-state index contributed by atoms with van der Waals surface area (Å²) < 4.78 is 17.1. The SMILES string of the molecule is CC/C=C/C/C=C/C/C=C/C/C=C/C/C=C/CCCCCCCCCC(=O)OC(COCCC(C(=O)[O-])[N+](C)(C)C)COC(=O)CCC/C=C/CCCCCC. The van der Waals surface area contributed by atoms with Crippen molar-refractivity contribution < 1.29 is 38.2 Å². The molecular formula is C48H81NO7. The molecule has 0 amide bonds. The van der Waals surface area contributed by atoms with Crippen molar-refractivity contribution in [2.24, 2.45) is 0 Å². The molecule has 0 radical (unpaired) electrons. The van der Waals surface area contributed by atoms with Crippen LogP contribution in [0.4, 0.5) is 0 Å². The summed E-state index contributed by atoms with van der Waals surface area (Å²) in [6, 6.07) is -0.733. The number of quaternary nitrogens is 1. The molecule has 0 saturated heterocycles. The minimum Gasteiger partial charge on any atom is -0.544 e. The van der Waals surface area contributed by atoms with Crippen LogP contribution in [0.5, 0.6) is 0 Å². The molecule has 0 aliphatic heterocycles. The Kier molecular flexibility index (Phi) is 36.4. The highest BCUT2D eigenvalue weighted by molar-refractivity contribution is 5.70. The van der Waals surface area contributed by atoms with E-state index >= 15 is 0 Å². The van der Waals surface area contributed by atoms with Crippen LogP contribution in [0.15, 0.2) is 72.9 Å². The normalized spacial score (nSPS) is 13.7. The fourth-order valence-corrected chi connectivity index (χ4v) is 5.92. The molecule has 0 rings (SSSR count). The third-order valence-electron chi connectivity index (χ3n) is 9.33. The first-order valence-corrected chi connectivity index (χ1v) is 22.0. The van der Waals surface area contributed by atoms with Gasteiger partial charge in [-0.25, -0.2) is 0 Å². The van der Waals surface area contributed by atoms with Gasteiger partial charge in [0.2, 0.25) is 0 Å². The van der Waals surface area contributed by atoms with Crippen molar-refractivity contribution in [2.45, 2.75) is 174 Å². The molecule has 0 N–H and O–H groups in total. The summed E-state index contributed by atoms with van der Waals surface area (Å²) in [6.45, 7) is 4.45. The number of hydrogen-bond donors (Lipinski definition) is 0. The maximum Gasteiger partial charge on any atom is 0.306 e. The van der Waals surface area contributed by atoms with Gasteiger partial charge in [0.1, 0.15) is 12.6 Å². The number of hydrogen-bond acceptors (Lipinski definition) is 7. The molecule has 0 aromatic heterocycles. The summed E-state index contributed by atoms with van der Waals surface area (Å²) >= 11 is 0. The summed E-state index contributed by atoms with van der Waals surface area (Å²) in [5.74, 6) is -1.80. The molecule has 0 saturated carbocycles. The fraction of sp³-hybridized carbons (Fsp3) is 0.688. The first kappa shape index (κ1) is 52.8. The molecule has 0 fully saturated rings. The molecule has 0 spiro atoms. The molecule has 0 aromatic rings. The summed E-state index contributed by atoms with van der Waals surface area (Å²) in [7, 11) is 5.38. The van der Waals surface area contributed by atoms with Crippen LogP contribution in [0.2, 0.25) is 0 Å². The number of likely N-dealkylation sites (N-methyl/N-ethyl adjacent to an activating group) is 1. The quantitative estimate of drug-likeness (QED) is 0.0266. The van der Waals surface area contributed by atoms with Crippen LogP contribution in [0.3, 0.4) is 0 Å². The van der Waals surface area contributed by atoms with Crippen molar-refractivity contribution in [1.82, 2.24) is 0 Å². The largest absolute Gasteiger partial charge is 0.544 e. The smallest absolute Gasteiger partial charge is 0.306 e. The molecule has 0 bridgehead atoms. The first-order chi connectivity index (χ1) is 27.1. The molecular weight excluding hydrogens is 703 g/mol. The highest BCUT2D eigenvalue weighted by Crippen LogP contribution is 2.13. The summed E-state index contributed by atoms with van der Waals surface area (Å²) in [5.41, 5.74) is 0. The van der Waals surface area contributed by atoms with Crippen LogP contribution >= 0.6 is 0 Å². The number of allylic oxidation sites excluding steroid dienone is 12. The highest BCUT2D eigenvalue weighted by Gasteiger charge is 2.25. The van der Waals surface area contributed by atoms with Crippen LogP contribution in [0.25, 0.3) is 0 Å². The Hall–Kier alpha value is -3.23. The number of carbonyl (C=O) groups is 3. The van der Waals surface area contributed by atoms with Crippen LogP contribution in [0.1, 0.15) is 162 Å². The Balaban J connectivity index is 4.31. The van der Waals surface area contributed by atoms with Crippen molar-refractivity contribution in [3.05, 3.63) is 72.9 Å². The minimum atomic E-state index is -1.13. The van der Waals surface area contributed by atoms with Gasteiger partial charge in [-0.3, -0.25) is 9.59 Å². The molecule has 8 nitrogen and oxygen atoms in total. The van der Waals surface area contributed by atoms with E-state index in [9.17, 15) is 19.5 Å². The molecule has 2 atom stereocenters. The standard InChI is InChI=1S/C48H81NO7/c1-6-8-10-12-14-16-17-18-19-20-21-22-23-24-25-26-27-28-29-31-33-35-37-39-47(51)56-44(42-54-41-40-45(48(52)53)49(3,4)5)43-55-46(50)38-36-34-32-30-15-13-11-9-7-2/h8,10,14,16,18-19,21-22,24-25,30,32,44-45H,6-7,9,11-13,15,17,20,23,26-29,31,33-43H2,1-5H3/b10-8+,16-14+,19-18+,22-21+,25-24+,32-30+. The number of unbranched alkanes of at least 4 members (excludes halogenated alkanes) is 12. The monoisotopic (exact) mass is 784 g/mol. The van der Waals surface area contributed by atoms with Gasteiger partial charge < -0.3 is 28.6 Å². The van der Waals surface area contributed by atoms with Crippen LogP contribution in [-0.2, 0) is 28.6 Å². The van der Waals surface area contributed by atoms with Gasteiger partial charge >= 0.3 is 11.9 Å². The van der Waals surface area contributed by atoms with Crippen molar-refractivity contribution in [2.75, 3.05) is 41.0 Å². The van der Waals surface area contributed by atoms with Crippen molar-refractivity contribution >= 4 is 17.9 Å². The Morgan fingerprint density at radius 2 is 1.02 bits per heavy atom. The molecule has 0 aromatic carbocycles. The summed E-state index contributed by atoms with van der Waals surface area (Å²) in [6.07, 6.45) is 48.0. The number of ether oxygens (including phenoxy) is 3. The van der Waals surface area contributed by atoms with E-state index in [2.05, 4.69) is 86.8 Å². The van der Waals surface area contributed by atoms with Crippen molar-refractivity contribution in [3.8, 4) is 0 Å². The zero-order valence-corrected chi connectivity index (χ0v) is 36.3. The molecule has 8 heteroatoms. The lowest BCUT2D eigenvalue weighted by atomic mass is 10.1. The van der Waals surface area contributed by atoms with Gasteiger partial charge in [-0.05, 0) is 77.0 Å². The number of esters is 2. The number of aliphatic carboxylic acids is 1. The van der Waals surface area contributed by atoms with Gasteiger partial charge in [0.25, 0.3) is 0 Å². The Labute approximate surface area is 342 Å². The van der Waals surface area contributed by atoms with E-state index in [0.29, 0.717) is 19.3 Å². The van der Waals surface area contributed by atoms with Gasteiger partial charge in [0.15, 0.2) is 6.10 Å². The molecule has 2 unspecified atom stereocenters. The zero-order chi connectivity index (χ0) is 41.4. The third kappa shape index (κ3) is 36.4. The van der Waals surface area contributed by atoms with Crippen LogP contribution < -0.4 is 5.11 Å². The lowest BCUT2D eigenvalue weighted by Gasteiger charge is -2.34. The Morgan fingerprint density at radius 1 is 0.554 bits per heavy atom. The number of rotatable bonds is 38. The third-order valence-corrected chi connectivity index (χ3v) is 9.33. The summed E-state index contributed by atoms with van der Waals surface area (Å²) in [4.78, 5) is 36.7. The minimum absolute atomic E-state index is 0.0241. The predicted octanol–water partition coefficient (Wildman–Crippen LogP) is 10.6. The molecule has 56 heavy (non-hydrogen) atoms. The van der Waals surface area contributed by atoms with E-state index in [-0.39, 0.29) is 42.7 Å². The van der Waals surface area contributed by atoms with Crippen molar-refractivity contribution in [3.63, 3.8) is 0 Å². The predicted molar refractivity (Wildman–Crippen MR) is 231 cm³/mol. The number of carboxylic acids is 1. The zero-order valence-electron chi connectivity index (χ0n) is 36.3. The average molecular weight is 784 g/mol. The topological polar surface area (TPSA) is 102 Å². The van der Waals surface area contributed by atoms with Gasteiger partial charge in [-0.2, -0.15) is 0 Å². The highest BCUT2D eigenvalue weighted by atomic mass is 16.6. The van der Waals surface area contributed by atoms with E-state index < -0.39 is 18.1 Å². The van der Waals surface area contributed by atoms with Crippen molar-refractivity contribution in [1.29, 1.82) is 0 Å².